The zero-order valence-corrected chi connectivity index (χ0v) is 20.7. The molecular formula is C23H38IN5O. The molecule has 3 rings (SSSR count). The number of hydrogen-bond donors (Lipinski definition) is 3. The molecule has 2 atom stereocenters. The molecule has 1 amide bonds. The van der Waals surface area contributed by atoms with E-state index >= 15 is 0 Å². The number of guanidine groups is 1. The molecule has 0 aromatic heterocycles. The van der Waals surface area contributed by atoms with Gasteiger partial charge in [0.15, 0.2) is 5.96 Å². The highest BCUT2D eigenvalue weighted by Crippen LogP contribution is 2.20. The molecule has 0 spiro atoms. The van der Waals surface area contributed by atoms with Gasteiger partial charge in [-0.15, -0.1) is 24.0 Å². The van der Waals surface area contributed by atoms with E-state index in [2.05, 4.69) is 63.1 Å². The average molecular weight is 527 g/mol. The van der Waals surface area contributed by atoms with Crippen LogP contribution in [0.25, 0.3) is 0 Å². The van der Waals surface area contributed by atoms with E-state index in [0.29, 0.717) is 18.1 Å². The maximum Gasteiger partial charge on any atom is 0.239 e. The standard InChI is InChI=1S/C23H37N5O.HI/c1-18-15-21(13-14-28(18)17-19-9-5-3-6-10-19)27-23(24-2)25-16-22(29)26-20-11-7-4-8-12-20;/h3,5-6,9-10,18,20-21H,4,7-8,11-17H2,1-2H3,(H,26,29)(H2,24,25,27);1H. The van der Waals surface area contributed by atoms with Gasteiger partial charge < -0.3 is 16.0 Å². The number of carbonyl (C=O) groups is 1. The van der Waals surface area contributed by atoms with E-state index < -0.39 is 0 Å². The second-order valence-electron chi connectivity index (χ2n) is 8.50. The molecule has 3 N–H and O–H groups in total. The topological polar surface area (TPSA) is 68.8 Å². The molecule has 2 fully saturated rings. The number of hydrogen-bond acceptors (Lipinski definition) is 3. The molecule has 1 aliphatic heterocycles. The van der Waals surface area contributed by atoms with E-state index in [1.807, 2.05) is 0 Å². The van der Waals surface area contributed by atoms with Gasteiger partial charge in [-0.1, -0.05) is 49.6 Å². The predicted octanol–water partition coefficient (Wildman–Crippen LogP) is 3.27. The Morgan fingerprint density at radius 3 is 2.47 bits per heavy atom. The number of amides is 1. The van der Waals surface area contributed by atoms with Crippen molar-refractivity contribution in [2.75, 3.05) is 20.1 Å². The normalized spacial score (nSPS) is 23.3. The van der Waals surface area contributed by atoms with Crippen molar-refractivity contribution in [3.63, 3.8) is 0 Å². The zero-order chi connectivity index (χ0) is 20.5. The van der Waals surface area contributed by atoms with Crippen molar-refractivity contribution in [2.45, 2.75) is 76.5 Å². The summed E-state index contributed by atoms with van der Waals surface area (Å²) in [5.74, 6) is 0.781. The van der Waals surface area contributed by atoms with Crippen LogP contribution in [0.4, 0.5) is 0 Å². The van der Waals surface area contributed by atoms with Crippen molar-refractivity contribution in [1.29, 1.82) is 0 Å². The molecule has 1 aromatic rings. The smallest absolute Gasteiger partial charge is 0.239 e. The summed E-state index contributed by atoms with van der Waals surface area (Å²) in [6, 6.07) is 11.9. The van der Waals surface area contributed by atoms with Gasteiger partial charge in [0.05, 0.1) is 6.54 Å². The first kappa shape index (κ1) is 24.9. The van der Waals surface area contributed by atoms with Crippen molar-refractivity contribution < 1.29 is 4.79 Å². The van der Waals surface area contributed by atoms with Crippen molar-refractivity contribution in [2.24, 2.45) is 4.99 Å². The minimum atomic E-state index is 0. The third kappa shape index (κ3) is 8.06. The van der Waals surface area contributed by atoms with E-state index in [1.54, 1.807) is 7.05 Å². The number of nitrogens with one attached hydrogen (secondary N) is 3. The molecule has 7 heteroatoms. The summed E-state index contributed by atoms with van der Waals surface area (Å²) in [6.07, 6.45) is 8.11. The Labute approximate surface area is 198 Å². The van der Waals surface area contributed by atoms with Gasteiger partial charge in [0.1, 0.15) is 0 Å². The number of benzene rings is 1. The van der Waals surface area contributed by atoms with Crippen LogP contribution in [0, 0.1) is 0 Å². The number of aliphatic imine (C=N–C) groups is 1. The number of halogens is 1. The molecular weight excluding hydrogens is 489 g/mol. The Morgan fingerprint density at radius 2 is 1.80 bits per heavy atom. The first-order chi connectivity index (χ1) is 14.1. The maximum atomic E-state index is 12.2. The summed E-state index contributed by atoms with van der Waals surface area (Å²) in [5, 5.41) is 9.84. The Morgan fingerprint density at radius 1 is 1.07 bits per heavy atom. The highest BCUT2D eigenvalue weighted by atomic mass is 127. The van der Waals surface area contributed by atoms with Gasteiger partial charge in [0, 0.05) is 38.3 Å². The lowest BCUT2D eigenvalue weighted by atomic mass is 9.95. The summed E-state index contributed by atoms with van der Waals surface area (Å²) in [4.78, 5) is 19.1. The molecule has 2 aliphatic rings. The fourth-order valence-corrected chi connectivity index (χ4v) is 4.48. The Balaban J connectivity index is 0.00000320. The minimum Gasteiger partial charge on any atom is -0.354 e. The predicted molar refractivity (Wildman–Crippen MR) is 134 cm³/mol. The minimum absolute atomic E-state index is 0. The SMILES string of the molecule is CN=C(NCC(=O)NC1CCCCC1)NC1CCN(Cc2ccccc2)C(C)C1.I. The first-order valence-electron chi connectivity index (χ1n) is 11.2. The Bertz CT molecular complexity index is 663. The summed E-state index contributed by atoms with van der Waals surface area (Å²) in [6.45, 7) is 4.64. The van der Waals surface area contributed by atoms with Crippen molar-refractivity contribution in [1.82, 2.24) is 20.9 Å². The van der Waals surface area contributed by atoms with Crippen LogP contribution in [-0.2, 0) is 11.3 Å². The van der Waals surface area contributed by atoms with Crippen molar-refractivity contribution in [3.05, 3.63) is 35.9 Å². The molecule has 1 saturated heterocycles. The zero-order valence-electron chi connectivity index (χ0n) is 18.4. The summed E-state index contributed by atoms with van der Waals surface area (Å²) < 4.78 is 0. The molecule has 0 bridgehead atoms. The number of rotatable bonds is 6. The van der Waals surface area contributed by atoms with E-state index in [-0.39, 0.29) is 36.4 Å². The summed E-state index contributed by atoms with van der Waals surface area (Å²) in [5.41, 5.74) is 1.37. The molecule has 2 unspecified atom stereocenters. The first-order valence-corrected chi connectivity index (χ1v) is 11.2. The molecule has 1 aromatic carbocycles. The lowest BCUT2D eigenvalue weighted by molar-refractivity contribution is -0.120. The molecule has 1 aliphatic carbocycles. The van der Waals surface area contributed by atoms with Gasteiger partial charge in [-0.2, -0.15) is 0 Å². The third-order valence-corrected chi connectivity index (χ3v) is 6.19. The Hall–Kier alpha value is -1.35. The lowest BCUT2D eigenvalue weighted by Gasteiger charge is -2.38. The van der Waals surface area contributed by atoms with Crippen LogP contribution < -0.4 is 16.0 Å². The number of likely N-dealkylation sites (tertiary alicyclic amines) is 1. The largest absolute Gasteiger partial charge is 0.354 e. The van der Waals surface area contributed by atoms with E-state index in [4.69, 9.17) is 0 Å². The summed E-state index contributed by atoms with van der Waals surface area (Å²) in [7, 11) is 1.77. The van der Waals surface area contributed by atoms with Gasteiger partial charge in [-0.25, -0.2) is 0 Å². The number of piperidine rings is 1. The fraction of sp³-hybridized carbons (Fsp3) is 0.652. The van der Waals surface area contributed by atoms with Crippen LogP contribution in [0.1, 0.15) is 57.4 Å². The van der Waals surface area contributed by atoms with Crippen molar-refractivity contribution >= 4 is 35.8 Å². The molecule has 30 heavy (non-hydrogen) atoms. The van der Waals surface area contributed by atoms with Gasteiger partial charge >= 0.3 is 0 Å². The van der Waals surface area contributed by atoms with Gasteiger partial charge in [0.2, 0.25) is 5.91 Å². The van der Waals surface area contributed by atoms with Crippen LogP contribution in [0.15, 0.2) is 35.3 Å². The van der Waals surface area contributed by atoms with Crippen LogP contribution in [-0.4, -0.2) is 55.0 Å². The van der Waals surface area contributed by atoms with Gasteiger partial charge in [-0.05, 0) is 38.2 Å². The summed E-state index contributed by atoms with van der Waals surface area (Å²) >= 11 is 0. The van der Waals surface area contributed by atoms with Gasteiger partial charge in [0.25, 0.3) is 0 Å². The number of carbonyl (C=O) groups excluding carboxylic acids is 1. The molecule has 168 valence electrons. The molecule has 1 heterocycles. The molecule has 6 nitrogen and oxygen atoms in total. The highest BCUT2D eigenvalue weighted by molar-refractivity contribution is 14.0. The second-order valence-corrected chi connectivity index (χ2v) is 8.50. The Kier molecular flexibility index (Phi) is 10.9. The van der Waals surface area contributed by atoms with E-state index in [0.717, 1.165) is 44.7 Å². The van der Waals surface area contributed by atoms with E-state index in [1.165, 1.54) is 24.8 Å². The second kappa shape index (κ2) is 13.1. The maximum absolute atomic E-state index is 12.2. The lowest BCUT2D eigenvalue weighted by Crippen LogP contribution is -2.52. The van der Waals surface area contributed by atoms with Crippen LogP contribution >= 0.6 is 24.0 Å². The fourth-order valence-electron chi connectivity index (χ4n) is 4.48. The third-order valence-electron chi connectivity index (χ3n) is 6.19. The average Bonchev–Trinajstić information content (AvgIpc) is 2.74. The monoisotopic (exact) mass is 527 g/mol. The molecule has 1 saturated carbocycles. The van der Waals surface area contributed by atoms with E-state index in [9.17, 15) is 4.79 Å². The highest BCUT2D eigenvalue weighted by Gasteiger charge is 2.26. The van der Waals surface area contributed by atoms with Crippen LogP contribution in [0.5, 0.6) is 0 Å². The van der Waals surface area contributed by atoms with Crippen LogP contribution in [0.2, 0.25) is 0 Å². The van der Waals surface area contributed by atoms with Crippen LogP contribution in [0.3, 0.4) is 0 Å². The molecule has 0 radical (unpaired) electrons. The van der Waals surface area contributed by atoms with Crippen molar-refractivity contribution in [3.8, 4) is 0 Å². The van der Waals surface area contributed by atoms with Gasteiger partial charge in [-0.3, -0.25) is 14.7 Å². The number of nitrogens with zero attached hydrogens (tertiary/aromatic N) is 2. The quantitative estimate of drug-likeness (QED) is 0.302.